The predicted octanol–water partition coefficient (Wildman–Crippen LogP) is 2.28. The molecule has 3 N–H and O–H groups in total. The van der Waals surface area contributed by atoms with Crippen molar-refractivity contribution in [1.29, 1.82) is 0 Å². The summed E-state index contributed by atoms with van der Waals surface area (Å²) in [5, 5.41) is 9.86. The first-order chi connectivity index (χ1) is 7.87. The molecule has 0 bridgehead atoms. The van der Waals surface area contributed by atoms with Gasteiger partial charge in [0.25, 0.3) is 0 Å². The molecule has 0 radical (unpaired) electrons. The highest BCUT2D eigenvalue weighted by Gasteiger charge is 2.16. The van der Waals surface area contributed by atoms with Gasteiger partial charge in [-0.05, 0) is 29.5 Å². The second-order valence-electron chi connectivity index (χ2n) is 5.57. The highest BCUT2D eigenvalue weighted by Crippen LogP contribution is 2.29. The molecule has 0 aliphatic heterocycles. The quantitative estimate of drug-likeness (QED) is 0.844. The summed E-state index contributed by atoms with van der Waals surface area (Å²) in [5.41, 5.74) is 7.69. The van der Waals surface area contributed by atoms with E-state index >= 15 is 0 Å². The molecule has 0 aliphatic rings. The maximum absolute atomic E-state index is 9.86. The highest BCUT2D eigenvalue weighted by atomic mass is 16.5. The van der Waals surface area contributed by atoms with Gasteiger partial charge >= 0.3 is 0 Å². The van der Waals surface area contributed by atoms with Crippen molar-refractivity contribution < 1.29 is 9.84 Å². The van der Waals surface area contributed by atoms with E-state index < -0.39 is 6.10 Å². The third kappa shape index (κ3) is 4.02. The van der Waals surface area contributed by atoms with Gasteiger partial charge in [-0.15, -0.1) is 0 Å². The molecule has 0 heterocycles. The van der Waals surface area contributed by atoms with Crippen LogP contribution in [0, 0.1) is 5.41 Å². The van der Waals surface area contributed by atoms with Crippen molar-refractivity contribution in [2.45, 2.75) is 33.3 Å². The summed E-state index contributed by atoms with van der Waals surface area (Å²) in [6.07, 6.45) is 0.297. The number of hydrogen-bond donors (Lipinski definition) is 2. The second kappa shape index (κ2) is 5.52. The van der Waals surface area contributed by atoms with E-state index in [-0.39, 0.29) is 12.0 Å². The first-order valence-electron chi connectivity index (χ1n) is 5.92. The Balaban J connectivity index is 3.04. The molecule has 1 atom stereocenters. The van der Waals surface area contributed by atoms with Crippen molar-refractivity contribution >= 4 is 0 Å². The van der Waals surface area contributed by atoms with Crippen molar-refractivity contribution in [2.24, 2.45) is 11.1 Å². The fourth-order valence-electron chi connectivity index (χ4n) is 1.89. The van der Waals surface area contributed by atoms with E-state index in [1.165, 1.54) is 5.56 Å². The number of aliphatic hydroxyl groups excluding tert-OH is 1. The molecule has 1 unspecified atom stereocenters. The summed E-state index contributed by atoms with van der Waals surface area (Å²) >= 11 is 0. The SMILES string of the molecule is COc1ccc(CC(C)(C)C)cc1C(O)CN. The molecule has 3 nitrogen and oxygen atoms in total. The van der Waals surface area contributed by atoms with Gasteiger partial charge in [-0.25, -0.2) is 0 Å². The van der Waals surface area contributed by atoms with Crippen LogP contribution >= 0.6 is 0 Å². The van der Waals surface area contributed by atoms with Crippen molar-refractivity contribution in [3.8, 4) is 5.75 Å². The normalized spacial score (nSPS) is 13.5. The summed E-state index contributed by atoms with van der Waals surface area (Å²) in [4.78, 5) is 0. The number of benzene rings is 1. The monoisotopic (exact) mass is 237 g/mol. The van der Waals surface area contributed by atoms with Crippen LogP contribution in [0.3, 0.4) is 0 Å². The second-order valence-corrected chi connectivity index (χ2v) is 5.57. The first-order valence-corrected chi connectivity index (χ1v) is 5.92. The molecule has 1 aromatic carbocycles. The standard InChI is InChI=1S/C14H23NO2/c1-14(2,3)8-10-5-6-13(17-4)11(7-10)12(16)9-15/h5-7,12,16H,8-9,15H2,1-4H3. The van der Waals surface area contributed by atoms with Gasteiger partial charge in [0.15, 0.2) is 0 Å². The zero-order valence-corrected chi connectivity index (χ0v) is 11.2. The van der Waals surface area contributed by atoms with Gasteiger partial charge in [0, 0.05) is 12.1 Å². The zero-order chi connectivity index (χ0) is 13.1. The predicted molar refractivity (Wildman–Crippen MR) is 70.2 cm³/mol. The number of aliphatic hydroxyl groups is 1. The zero-order valence-electron chi connectivity index (χ0n) is 11.2. The van der Waals surface area contributed by atoms with Crippen molar-refractivity contribution in [3.05, 3.63) is 29.3 Å². The molecule has 1 rings (SSSR count). The van der Waals surface area contributed by atoms with Crippen LogP contribution in [0.25, 0.3) is 0 Å². The lowest BCUT2D eigenvalue weighted by molar-refractivity contribution is 0.182. The minimum absolute atomic E-state index is 0.204. The van der Waals surface area contributed by atoms with Crippen molar-refractivity contribution in [1.82, 2.24) is 0 Å². The molecule has 0 saturated carbocycles. The van der Waals surface area contributed by atoms with Gasteiger partial charge in [-0.2, -0.15) is 0 Å². The Morgan fingerprint density at radius 2 is 2.00 bits per heavy atom. The molecule has 0 saturated heterocycles. The lowest BCUT2D eigenvalue weighted by Gasteiger charge is -2.20. The van der Waals surface area contributed by atoms with Crippen molar-refractivity contribution in [2.75, 3.05) is 13.7 Å². The van der Waals surface area contributed by atoms with E-state index in [1.54, 1.807) is 7.11 Å². The van der Waals surface area contributed by atoms with Gasteiger partial charge < -0.3 is 15.6 Å². The van der Waals surface area contributed by atoms with Crippen LogP contribution in [0.4, 0.5) is 0 Å². The third-order valence-electron chi connectivity index (χ3n) is 2.61. The molecule has 0 aliphatic carbocycles. The van der Waals surface area contributed by atoms with E-state index in [4.69, 9.17) is 10.5 Å². The maximum atomic E-state index is 9.86. The molecule has 3 heteroatoms. The molecule has 0 fully saturated rings. The minimum atomic E-state index is -0.662. The van der Waals surface area contributed by atoms with Gasteiger partial charge in [0.1, 0.15) is 5.75 Å². The summed E-state index contributed by atoms with van der Waals surface area (Å²) in [6, 6.07) is 5.92. The van der Waals surface area contributed by atoms with Crippen LogP contribution in [0.2, 0.25) is 0 Å². The van der Waals surface area contributed by atoms with E-state index in [0.717, 1.165) is 12.0 Å². The molecule has 96 valence electrons. The van der Waals surface area contributed by atoms with Crippen LogP contribution in [0.1, 0.15) is 38.0 Å². The lowest BCUT2D eigenvalue weighted by atomic mass is 9.87. The van der Waals surface area contributed by atoms with Crippen LogP contribution in [0.15, 0.2) is 18.2 Å². The van der Waals surface area contributed by atoms with Crippen LogP contribution in [-0.2, 0) is 6.42 Å². The van der Waals surface area contributed by atoms with E-state index in [1.807, 2.05) is 18.2 Å². The van der Waals surface area contributed by atoms with E-state index in [9.17, 15) is 5.11 Å². The van der Waals surface area contributed by atoms with E-state index in [2.05, 4.69) is 20.8 Å². The minimum Gasteiger partial charge on any atom is -0.496 e. The van der Waals surface area contributed by atoms with E-state index in [0.29, 0.717) is 5.75 Å². The van der Waals surface area contributed by atoms with Crippen LogP contribution < -0.4 is 10.5 Å². The Morgan fingerprint density at radius 3 is 2.47 bits per heavy atom. The lowest BCUT2D eigenvalue weighted by Crippen LogP contribution is -2.14. The Kier molecular flexibility index (Phi) is 4.54. The summed E-state index contributed by atoms with van der Waals surface area (Å²) in [7, 11) is 1.60. The van der Waals surface area contributed by atoms with Crippen LogP contribution in [-0.4, -0.2) is 18.8 Å². The molecule has 0 aromatic heterocycles. The van der Waals surface area contributed by atoms with Gasteiger partial charge in [-0.1, -0.05) is 26.8 Å². The summed E-state index contributed by atoms with van der Waals surface area (Å²) < 4.78 is 5.24. The van der Waals surface area contributed by atoms with Gasteiger partial charge in [0.2, 0.25) is 0 Å². The molecule has 17 heavy (non-hydrogen) atoms. The molecular formula is C14H23NO2. The molecule has 0 amide bonds. The highest BCUT2D eigenvalue weighted by molar-refractivity contribution is 5.39. The Labute approximate surface area is 104 Å². The maximum Gasteiger partial charge on any atom is 0.124 e. The average molecular weight is 237 g/mol. The fourth-order valence-corrected chi connectivity index (χ4v) is 1.89. The molecule has 1 aromatic rings. The third-order valence-corrected chi connectivity index (χ3v) is 2.61. The summed E-state index contributed by atoms with van der Waals surface area (Å²) in [5.74, 6) is 0.695. The van der Waals surface area contributed by atoms with Gasteiger partial charge in [-0.3, -0.25) is 0 Å². The molecule has 0 spiro atoms. The largest absolute Gasteiger partial charge is 0.496 e. The Bertz CT molecular complexity index is 369. The van der Waals surface area contributed by atoms with Crippen LogP contribution in [0.5, 0.6) is 5.75 Å². The van der Waals surface area contributed by atoms with Crippen molar-refractivity contribution in [3.63, 3.8) is 0 Å². The summed E-state index contributed by atoms with van der Waals surface area (Å²) in [6.45, 7) is 6.78. The number of ether oxygens (including phenoxy) is 1. The fraction of sp³-hybridized carbons (Fsp3) is 0.571. The topological polar surface area (TPSA) is 55.5 Å². The Morgan fingerprint density at radius 1 is 1.35 bits per heavy atom. The Hall–Kier alpha value is -1.06. The number of methoxy groups -OCH3 is 1. The van der Waals surface area contributed by atoms with Gasteiger partial charge in [0.05, 0.1) is 13.2 Å². The first kappa shape index (κ1) is 14.0. The smallest absolute Gasteiger partial charge is 0.124 e. The number of rotatable bonds is 4. The molecular weight excluding hydrogens is 214 g/mol. The average Bonchev–Trinajstić information content (AvgIpc) is 2.25. The number of hydrogen-bond acceptors (Lipinski definition) is 3. The number of nitrogens with two attached hydrogens (primary N) is 1.